The molecule has 0 aliphatic carbocycles. The van der Waals surface area contributed by atoms with Crippen LogP contribution >= 0.6 is 0 Å². The van der Waals surface area contributed by atoms with E-state index in [1.165, 1.54) is 0 Å². The molecule has 0 unspecified atom stereocenters. The summed E-state index contributed by atoms with van der Waals surface area (Å²) in [6.45, 7) is 4.89. The Morgan fingerprint density at radius 2 is 2.27 bits per heavy atom. The fraction of sp³-hybridized carbons (Fsp3) is 0.500. The summed E-state index contributed by atoms with van der Waals surface area (Å²) in [6.07, 6.45) is 5.23. The monoisotopic (exact) mass is 153 g/mol. The third kappa shape index (κ3) is 1.98. The summed E-state index contributed by atoms with van der Waals surface area (Å²) in [5, 5.41) is 1.93. The van der Waals surface area contributed by atoms with E-state index in [-0.39, 0.29) is 0 Å². The number of hydrogen-bond donors (Lipinski definition) is 1. The molecule has 0 bridgehead atoms. The number of nitrogens with one attached hydrogen (secondary N) is 1. The molecule has 62 valence electrons. The van der Waals surface area contributed by atoms with Gasteiger partial charge in [-0.1, -0.05) is 12.7 Å². The Bertz CT molecular complexity index is 174. The Morgan fingerprint density at radius 1 is 1.55 bits per heavy atom. The lowest BCUT2D eigenvalue weighted by Gasteiger charge is -2.29. The van der Waals surface area contributed by atoms with Crippen molar-refractivity contribution in [3.8, 4) is 0 Å². The highest BCUT2D eigenvalue weighted by Gasteiger charge is 2.05. The number of hydrazine groups is 1. The predicted octanol–water partition coefficient (Wildman–Crippen LogP) is 0.743. The van der Waals surface area contributed by atoms with Gasteiger partial charge in [-0.15, -0.1) is 0 Å². The van der Waals surface area contributed by atoms with Gasteiger partial charge in [0.1, 0.15) is 5.82 Å². The molecule has 0 aromatic heterocycles. The minimum absolute atomic E-state index is 0.959. The van der Waals surface area contributed by atoms with Crippen molar-refractivity contribution in [3.63, 3.8) is 0 Å². The second-order valence-corrected chi connectivity index (χ2v) is 2.67. The molecule has 11 heavy (non-hydrogen) atoms. The molecule has 1 heterocycles. The van der Waals surface area contributed by atoms with Crippen LogP contribution in [0.4, 0.5) is 0 Å². The summed E-state index contributed by atoms with van der Waals surface area (Å²) < 4.78 is 0. The van der Waals surface area contributed by atoms with Crippen LogP contribution in [0.2, 0.25) is 0 Å². The molecule has 3 nitrogen and oxygen atoms in total. The van der Waals surface area contributed by atoms with Crippen molar-refractivity contribution in [2.24, 2.45) is 0 Å². The van der Waals surface area contributed by atoms with E-state index in [9.17, 15) is 0 Å². The van der Waals surface area contributed by atoms with Gasteiger partial charge in [-0.05, 0) is 6.42 Å². The lowest BCUT2D eigenvalue weighted by Crippen LogP contribution is -2.39. The van der Waals surface area contributed by atoms with Crippen LogP contribution in [-0.4, -0.2) is 30.5 Å². The molecule has 1 aliphatic heterocycles. The fourth-order valence-electron chi connectivity index (χ4n) is 0.962. The Labute approximate surface area is 67.9 Å². The SMILES string of the molecule is C=C1N(C)C=CCCNN1C. The van der Waals surface area contributed by atoms with Crippen molar-refractivity contribution in [1.82, 2.24) is 15.3 Å². The number of rotatable bonds is 0. The highest BCUT2D eigenvalue weighted by molar-refractivity contribution is 4.98. The third-order valence-corrected chi connectivity index (χ3v) is 1.78. The predicted molar refractivity (Wildman–Crippen MR) is 46.4 cm³/mol. The van der Waals surface area contributed by atoms with E-state index in [1.807, 2.05) is 30.2 Å². The maximum Gasteiger partial charge on any atom is 0.114 e. The Morgan fingerprint density at radius 3 is 3.00 bits per heavy atom. The average molecular weight is 153 g/mol. The van der Waals surface area contributed by atoms with Gasteiger partial charge in [0.25, 0.3) is 0 Å². The molecule has 0 spiro atoms. The minimum Gasteiger partial charge on any atom is -0.338 e. The van der Waals surface area contributed by atoms with Crippen molar-refractivity contribution in [3.05, 3.63) is 24.7 Å². The van der Waals surface area contributed by atoms with Crippen molar-refractivity contribution >= 4 is 0 Å². The number of hydrogen-bond acceptors (Lipinski definition) is 3. The van der Waals surface area contributed by atoms with Gasteiger partial charge in [-0.25, -0.2) is 5.43 Å². The van der Waals surface area contributed by atoms with Crippen molar-refractivity contribution in [1.29, 1.82) is 0 Å². The molecule has 0 aromatic rings. The lowest BCUT2D eigenvalue weighted by atomic mass is 10.4. The van der Waals surface area contributed by atoms with Crippen LogP contribution in [0.1, 0.15) is 6.42 Å². The average Bonchev–Trinajstić information content (AvgIpc) is 2.00. The van der Waals surface area contributed by atoms with Crippen molar-refractivity contribution < 1.29 is 0 Å². The van der Waals surface area contributed by atoms with E-state index in [4.69, 9.17) is 0 Å². The molecule has 0 fully saturated rings. The van der Waals surface area contributed by atoms with Gasteiger partial charge in [0.2, 0.25) is 0 Å². The zero-order valence-electron chi connectivity index (χ0n) is 7.17. The summed E-state index contributed by atoms with van der Waals surface area (Å²) in [5.74, 6) is 0.959. The molecule has 1 aliphatic rings. The Balaban J connectivity index is 2.64. The Hall–Kier alpha value is -0.960. The van der Waals surface area contributed by atoms with Crippen LogP contribution in [0.5, 0.6) is 0 Å². The molecular formula is C8H15N3. The highest BCUT2D eigenvalue weighted by Crippen LogP contribution is 2.04. The van der Waals surface area contributed by atoms with Gasteiger partial charge in [0, 0.05) is 26.8 Å². The van der Waals surface area contributed by atoms with E-state index < -0.39 is 0 Å². The molecule has 1 rings (SSSR count). The lowest BCUT2D eigenvalue weighted by molar-refractivity contribution is 0.235. The van der Waals surface area contributed by atoms with Crippen LogP contribution in [-0.2, 0) is 0 Å². The maximum absolute atomic E-state index is 3.92. The van der Waals surface area contributed by atoms with Gasteiger partial charge < -0.3 is 4.90 Å². The molecule has 0 atom stereocenters. The topological polar surface area (TPSA) is 18.5 Å². The van der Waals surface area contributed by atoms with Crippen LogP contribution < -0.4 is 5.43 Å². The maximum atomic E-state index is 3.92. The zero-order valence-corrected chi connectivity index (χ0v) is 7.17. The Kier molecular flexibility index (Phi) is 2.54. The van der Waals surface area contributed by atoms with E-state index in [1.54, 1.807) is 0 Å². The molecule has 0 saturated heterocycles. The van der Waals surface area contributed by atoms with Gasteiger partial charge in [-0.2, -0.15) is 0 Å². The van der Waals surface area contributed by atoms with E-state index in [0.29, 0.717) is 0 Å². The van der Waals surface area contributed by atoms with Gasteiger partial charge in [0.05, 0.1) is 0 Å². The smallest absolute Gasteiger partial charge is 0.114 e. The quantitative estimate of drug-likeness (QED) is 0.554. The fourth-order valence-corrected chi connectivity index (χ4v) is 0.962. The largest absolute Gasteiger partial charge is 0.338 e. The van der Waals surface area contributed by atoms with Crippen LogP contribution in [0.3, 0.4) is 0 Å². The second kappa shape index (κ2) is 3.44. The molecule has 1 N–H and O–H groups in total. The molecule has 3 heteroatoms. The molecule has 0 aromatic carbocycles. The van der Waals surface area contributed by atoms with Gasteiger partial charge in [-0.3, -0.25) is 5.01 Å². The van der Waals surface area contributed by atoms with Crippen molar-refractivity contribution in [2.75, 3.05) is 20.6 Å². The van der Waals surface area contributed by atoms with E-state index in [2.05, 4.69) is 18.1 Å². The summed E-state index contributed by atoms with van der Waals surface area (Å²) in [6, 6.07) is 0. The van der Waals surface area contributed by atoms with E-state index >= 15 is 0 Å². The third-order valence-electron chi connectivity index (χ3n) is 1.78. The first-order valence-corrected chi connectivity index (χ1v) is 3.77. The zero-order chi connectivity index (χ0) is 8.27. The first-order valence-electron chi connectivity index (χ1n) is 3.77. The van der Waals surface area contributed by atoms with Crippen LogP contribution in [0.15, 0.2) is 24.7 Å². The summed E-state index contributed by atoms with van der Waals surface area (Å²) >= 11 is 0. The number of nitrogens with zero attached hydrogens (tertiary/aromatic N) is 2. The minimum atomic E-state index is 0.959. The molecule has 0 saturated carbocycles. The summed E-state index contributed by atoms with van der Waals surface area (Å²) in [5.41, 5.74) is 3.21. The standard InChI is InChI=1S/C8H15N3/c1-8-10(2)7-5-4-6-9-11(8)3/h5,7,9H,1,4,6H2,2-3H3. The second-order valence-electron chi connectivity index (χ2n) is 2.67. The van der Waals surface area contributed by atoms with Crippen LogP contribution in [0.25, 0.3) is 0 Å². The van der Waals surface area contributed by atoms with Crippen LogP contribution in [0, 0.1) is 0 Å². The summed E-state index contributed by atoms with van der Waals surface area (Å²) in [4.78, 5) is 1.99. The normalized spacial score (nSPS) is 20.0. The van der Waals surface area contributed by atoms with Gasteiger partial charge in [0.15, 0.2) is 0 Å². The van der Waals surface area contributed by atoms with Gasteiger partial charge >= 0.3 is 0 Å². The first kappa shape index (κ1) is 8.14. The van der Waals surface area contributed by atoms with E-state index in [0.717, 1.165) is 18.8 Å². The molecular weight excluding hydrogens is 138 g/mol. The highest BCUT2D eigenvalue weighted by atomic mass is 15.5. The first-order chi connectivity index (χ1) is 5.22. The summed E-state index contributed by atoms with van der Waals surface area (Å²) in [7, 11) is 3.96. The molecule has 0 amide bonds. The van der Waals surface area contributed by atoms with Crippen molar-refractivity contribution in [2.45, 2.75) is 6.42 Å². The molecule has 0 radical (unpaired) electrons.